The van der Waals surface area contributed by atoms with Gasteiger partial charge < -0.3 is 25.4 Å². The number of H-pyrrole nitrogens is 1. The highest BCUT2D eigenvalue weighted by Gasteiger charge is 2.23. The van der Waals surface area contributed by atoms with Crippen LogP contribution in [0.5, 0.6) is 0 Å². The average Bonchev–Trinajstić information content (AvgIpc) is 4.18. The number of nitrogens with zero attached hydrogens (tertiary/aromatic N) is 7. The van der Waals surface area contributed by atoms with Gasteiger partial charge in [0, 0.05) is 52.7 Å². The normalized spacial score (nSPS) is 11.9. The van der Waals surface area contributed by atoms with Gasteiger partial charge in [0.2, 0.25) is 11.8 Å². The topological polar surface area (TPSA) is 136 Å². The van der Waals surface area contributed by atoms with E-state index in [1.807, 2.05) is 66.9 Å². The third-order valence-corrected chi connectivity index (χ3v) is 11.2. The molecule has 67 heavy (non-hydrogen) atoms. The molecule has 0 atom stereocenters. The summed E-state index contributed by atoms with van der Waals surface area (Å²) in [5.41, 5.74) is 6.32. The van der Waals surface area contributed by atoms with Gasteiger partial charge in [-0.3, -0.25) is 19.0 Å². The smallest absolute Gasteiger partial charge is 0.234 e. The molecule has 0 aliphatic carbocycles. The summed E-state index contributed by atoms with van der Waals surface area (Å²) in [6.07, 6.45) is 10.4. The Bertz CT molecular complexity index is 3230. The Kier molecular flexibility index (Phi) is 12.8. The number of halogens is 4. The molecule has 12 nitrogen and oxygen atoms in total. The van der Waals surface area contributed by atoms with E-state index < -0.39 is 23.3 Å². The summed E-state index contributed by atoms with van der Waals surface area (Å²) in [6, 6.07) is 34.9. The van der Waals surface area contributed by atoms with Crippen molar-refractivity contribution < 1.29 is 27.2 Å². The molecule has 2 amide bonds. The summed E-state index contributed by atoms with van der Waals surface area (Å²) < 4.78 is 58.3. The van der Waals surface area contributed by atoms with Crippen LogP contribution in [0.4, 0.5) is 28.9 Å². The van der Waals surface area contributed by atoms with Crippen molar-refractivity contribution in [1.29, 1.82) is 0 Å². The standard InChI is InChI=1S/C27H20F2N4O.C24H20F2N6O/c28-22-7-10-25(29)21(11-22)16-33(23-8-5-18(6-9-23)26-15-31-17-32-26)27(34)12-20-14-30-13-19-3-1-2-4-24(19)20;25-19-5-3-4-17(24(19)26)14-32(18-9-7-16(8-10-18)20-13-27-15-28-20)23(33)12-22-30-29-21-6-1-2-11-31(21)22/h1-11,13-15,17H,12,16H2,(H,31,32);1-11,13,27-28H,12,14-15H2. The molecule has 9 aromatic rings. The van der Waals surface area contributed by atoms with Gasteiger partial charge in [0.15, 0.2) is 17.3 Å². The van der Waals surface area contributed by atoms with Crippen molar-refractivity contribution in [2.75, 3.05) is 16.5 Å². The van der Waals surface area contributed by atoms with Crippen LogP contribution in [0.3, 0.4) is 0 Å². The molecule has 0 unspecified atom stereocenters. The van der Waals surface area contributed by atoms with Gasteiger partial charge in [0.1, 0.15) is 17.5 Å². The first-order valence-corrected chi connectivity index (χ1v) is 21.1. The van der Waals surface area contributed by atoms with Crippen LogP contribution in [-0.2, 0) is 35.5 Å². The van der Waals surface area contributed by atoms with E-state index in [0.29, 0.717) is 29.5 Å². The number of imidazole rings is 1. The van der Waals surface area contributed by atoms with E-state index in [-0.39, 0.29) is 48.9 Å². The predicted molar refractivity (Wildman–Crippen MR) is 247 cm³/mol. The lowest BCUT2D eigenvalue weighted by Crippen LogP contribution is -2.32. The first kappa shape index (κ1) is 43.6. The molecule has 1 aliphatic rings. The zero-order valence-corrected chi connectivity index (χ0v) is 35.6. The average molecular weight is 901 g/mol. The Balaban J connectivity index is 0.000000168. The molecule has 4 aromatic heterocycles. The number of pyridine rings is 2. The quantitative estimate of drug-likeness (QED) is 0.104. The van der Waals surface area contributed by atoms with Crippen LogP contribution in [0.1, 0.15) is 28.1 Å². The number of aromatic amines is 1. The highest BCUT2D eigenvalue weighted by Crippen LogP contribution is 2.27. The SMILES string of the molecule is O=C(Cc1cncc2ccccc12)N(Cc1cc(F)ccc1F)c1ccc(-c2cnc[nH]2)cc1.O=C(Cc1nnc2ccccn12)N(Cc1cccc(F)c1F)c1ccc(C2=CNCN2)cc1. The maximum atomic E-state index is 14.5. The molecule has 16 heteroatoms. The zero-order chi connectivity index (χ0) is 46.3. The fourth-order valence-electron chi connectivity index (χ4n) is 7.73. The van der Waals surface area contributed by atoms with Crippen molar-refractivity contribution >= 4 is 45.3 Å². The molecular formula is C51H40F4N10O2. The largest absolute Gasteiger partial charge is 0.372 e. The first-order valence-electron chi connectivity index (χ1n) is 21.1. The molecule has 10 rings (SSSR count). The van der Waals surface area contributed by atoms with E-state index in [9.17, 15) is 27.2 Å². The maximum absolute atomic E-state index is 14.5. The Labute approximate surface area is 381 Å². The molecule has 5 heterocycles. The highest BCUT2D eigenvalue weighted by molar-refractivity contribution is 5.98. The Morgan fingerprint density at radius 2 is 1.37 bits per heavy atom. The van der Waals surface area contributed by atoms with Crippen LogP contribution in [-0.4, -0.2) is 48.0 Å². The van der Waals surface area contributed by atoms with Crippen molar-refractivity contribution in [2.24, 2.45) is 0 Å². The van der Waals surface area contributed by atoms with Crippen LogP contribution >= 0.6 is 0 Å². The molecule has 0 saturated heterocycles. The molecule has 334 valence electrons. The summed E-state index contributed by atoms with van der Waals surface area (Å²) in [5, 5.41) is 16.4. The van der Waals surface area contributed by atoms with E-state index in [2.05, 4.69) is 35.8 Å². The molecule has 0 radical (unpaired) electrons. The zero-order valence-electron chi connectivity index (χ0n) is 35.6. The number of carbonyl (C=O) groups excluding carboxylic acids is 2. The van der Waals surface area contributed by atoms with Crippen LogP contribution in [0.2, 0.25) is 0 Å². The second kappa shape index (κ2) is 19.6. The number of hydrogen-bond donors (Lipinski definition) is 3. The minimum absolute atomic E-state index is 0.0551. The van der Waals surface area contributed by atoms with Crippen molar-refractivity contribution in [1.82, 2.24) is 40.2 Å². The summed E-state index contributed by atoms with van der Waals surface area (Å²) >= 11 is 0. The Morgan fingerprint density at radius 3 is 2.12 bits per heavy atom. The lowest BCUT2D eigenvalue weighted by molar-refractivity contribution is -0.119. The van der Waals surface area contributed by atoms with Gasteiger partial charge in [-0.15, -0.1) is 10.2 Å². The van der Waals surface area contributed by atoms with Gasteiger partial charge in [-0.25, -0.2) is 22.5 Å². The summed E-state index contributed by atoms with van der Waals surface area (Å²) in [7, 11) is 0. The van der Waals surface area contributed by atoms with Crippen molar-refractivity contribution in [3.05, 3.63) is 216 Å². The fraction of sp³-hybridized carbons (Fsp3) is 0.0980. The molecule has 3 N–H and O–H groups in total. The number of rotatable bonds is 12. The lowest BCUT2D eigenvalue weighted by Gasteiger charge is -2.24. The number of benzene rings is 5. The Hall–Kier alpha value is -8.66. The third kappa shape index (κ3) is 9.88. The molecule has 0 saturated carbocycles. The molecule has 0 bridgehead atoms. The Morgan fingerprint density at radius 1 is 0.642 bits per heavy atom. The number of carbonyl (C=O) groups is 2. The monoisotopic (exact) mass is 900 g/mol. The van der Waals surface area contributed by atoms with Gasteiger partial charge >= 0.3 is 0 Å². The van der Waals surface area contributed by atoms with Crippen LogP contribution in [0.25, 0.3) is 33.4 Å². The first-order chi connectivity index (χ1) is 32.7. The predicted octanol–water partition coefficient (Wildman–Crippen LogP) is 8.91. The van der Waals surface area contributed by atoms with Crippen LogP contribution in [0, 0.1) is 23.3 Å². The number of aromatic nitrogens is 6. The van der Waals surface area contributed by atoms with Crippen molar-refractivity contribution in [3.63, 3.8) is 0 Å². The fourth-order valence-corrected chi connectivity index (χ4v) is 7.73. The summed E-state index contributed by atoms with van der Waals surface area (Å²) in [5.74, 6) is -3.16. The molecule has 0 fully saturated rings. The van der Waals surface area contributed by atoms with E-state index in [1.54, 1.807) is 65.8 Å². The molecule has 0 spiro atoms. The van der Waals surface area contributed by atoms with E-state index >= 15 is 0 Å². The lowest BCUT2D eigenvalue weighted by atomic mass is 10.0. The van der Waals surface area contributed by atoms with Crippen molar-refractivity contribution in [3.8, 4) is 11.3 Å². The number of anilines is 2. The van der Waals surface area contributed by atoms with Crippen LogP contribution in [0.15, 0.2) is 165 Å². The second-order valence-corrected chi connectivity index (χ2v) is 15.5. The van der Waals surface area contributed by atoms with E-state index in [1.165, 1.54) is 21.9 Å². The number of fused-ring (bicyclic) bond motifs is 2. The second-order valence-electron chi connectivity index (χ2n) is 15.5. The van der Waals surface area contributed by atoms with E-state index in [4.69, 9.17) is 0 Å². The van der Waals surface area contributed by atoms with Gasteiger partial charge in [-0.2, -0.15) is 0 Å². The minimum atomic E-state index is -0.966. The van der Waals surface area contributed by atoms with E-state index in [0.717, 1.165) is 63.1 Å². The van der Waals surface area contributed by atoms with Crippen molar-refractivity contribution in [2.45, 2.75) is 25.9 Å². The van der Waals surface area contributed by atoms with Crippen LogP contribution < -0.4 is 20.4 Å². The number of nitrogens with one attached hydrogen (secondary N) is 3. The van der Waals surface area contributed by atoms with Gasteiger partial charge in [0.05, 0.1) is 56.5 Å². The highest BCUT2D eigenvalue weighted by atomic mass is 19.2. The molecular weight excluding hydrogens is 861 g/mol. The minimum Gasteiger partial charge on any atom is -0.372 e. The summed E-state index contributed by atoms with van der Waals surface area (Å²) in [6.45, 7) is 0.415. The van der Waals surface area contributed by atoms with Gasteiger partial charge in [0.25, 0.3) is 0 Å². The molecule has 1 aliphatic heterocycles. The van der Waals surface area contributed by atoms with Gasteiger partial charge in [-0.1, -0.05) is 66.7 Å². The third-order valence-electron chi connectivity index (χ3n) is 11.2. The number of hydrogen-bond acceptors (Lipinski definition) is 8. The number of amides is 2. The molecule has 5 aromatic carbocycles. The van der Waals surface area contributed by atoms with Gasteiger partial charge in [-0.05, 0) is 82.7 Å². The summed E-state index contributed by atoms with van der Waals surface area (Å²) in [4.78, 5) is 41.2. The maximum Gasteiger partial charge on any atom is 0.234 e.